The minimum atomic E-state index is -1.26. The van der Waals surface area contributed by atoms with Crippen LogP contribution in [0.3, 0.4) is 0 Å². The fraction of sp³-hybridized carbons (Fsp3) is 0.310. The van der Waals surface area contributed by atoms with E-state index in [0.29, 0.717) is 4.34 Å². The van der Waals surface area contributed by atoms with E-state index in [-0.39, 0.29) is 45.9 Å². The highest BCUT2D eigenvalue weighted by Crippen LogP contribution is 2.44. The molecular weight excluding hydrogens is 809 g/mol. The maximum Gasteiger partial charge on any atom is 0.340 e. The van der Waals surface area contributed by atoms with Crippen LogP contribution in [0.1, 0.15) is 29.9 Å². The third-order valence-corrected chi connectivity index (χ3v) is 11.6. The van der Waals surface area contributed by atoms with Gasteiger partial charge in [0.1, 0.15) is 39.5 Å². The van der Waals surface area contributed by atoms with E-state index in [4.69, 9.17) is 20.0 Å². The van der Waals surface area contributed by atoms with Crippen LogP contribution in [0.15, 0.2) is 38.6 Å². The number of carboxylic acids is 1. The molecule has 2 fully saturated rings. The molecule has 6 amide bonds. The number of esters is 2. The smallest absolute Gasteiger partial charge is 0.340 e. The van der Waals surface area contributed by atoms with E-state index >= 15 is 0 Å². The van der Waals surface area contributed by atoms with Crippen molar-refractivity contribution in [1.29, 1.82) is 0 Å². The lowest BCUT2D eigenvalue weighted by Crippen LogP contribution is -2.74. The Kier molecular flexibility index (Phi) is 12.8. The van der Waals surface area contributed by atoms with Gasteiger partial charge >= 0.3 is 23.9 Å². The number of nitrogens with two attached hydrogens (primary N) is 1. The summed E-state index contributed by atoms with van der Waals surface area (Å²) in [5.41, 5.74) is 9.13. The van der Waals surface area contributed by atoms with Crippen LogP contribution in [0.4, 0.5) is 9.93 Å². The number of carbonyl (C=O) groups is 8. The number of aliphatic carboxylic acids is 1. The molecular formula is C29H28N10O12S4. The second kappa shape index (κ2) is 17.5. The molecule has 55 heavy (non-hydrogen) atoms. The van der Waals surface area contributed by atoms with Crippen LogP contribution in [0, 0.1) is 5.41 Å². The first kappa shape index (κ1) is 40.3. The number of thioether (sulfide) groups is 2. The summed E-state index contributed by atoms with van der Waals surface area (Å²) in [4.78, 5) is 109. The summed E-state index contributed by atoms with van der Waals surface area (Å²) in [5.74, 6) is -5.97. The number of hydrazine groups is 1. The fourth-order valence-electron chi connectivity index (χ4n) is 4.82. The van der Waals surface area contributed by atoms with Crippen molar-refractivity contribution < 1.29 is 57.8 Å². The summed E-state index contributed by atoms with van der Waals surface area (Å²) < 4.78 is 10.4. The largest absolute Gasteiger partial charge is 0.481 e. The normalized spacial score (nSPS) is 18.8. The molecule has 7 N–H and O–H groups in total. The standard InChI is InChI=1S/C29H28N10O12S4/c1-12(40)50-15-3-14(4-16(5-15)51-13(2)41)21(43)34-27(48)36-35-18(42)6-49-38-19(17-7-52-26(30)32-17)22(44)33-20-23(45)39-8-29(25(46)47,9-53-24(20)39)10-54-28-37-31-11-55-28/h3-5,7,11,20,24H,6,8-10H2,1-2H3,(H2,30,32)(H,33,44)(H,35,42)(H,46,47)(H2,34,36,43,48)/t20?,24-,29?/m1/s1. The number of anilines is 1. The van der Waals surface area contributed by atoms with Crippen molar-refractivity contribution >= 4 is 105 Å². The van der Waals surface area contributed by atoms with E-state index in [1.165, 1.54) is 56.7 Å². The Morgan fingerprint density at radius 1 is 1.07 bits per heavy atom. The number of carbonyl (C=O) groups excluding carboxylic acids is 7. The summed E-state index contributed by atoms with van der Waals surface area (Å²) in [5, 5.41) is 26.8. The Labute approximate surface area is 325 Å². The number of amides is 6. The number of nitrogens with zero attached hydrogens (tertiary/aromatic N) is 5. The zero-order valence-corrected chi connectivity index (χ0v) is 31.5. The van der Waals surface area contributed by atoms with Crippen molar-refractivity contribution in [2.45, 2.75) is 29.6 Å². The maximum atomic E-state index is 13.4. The van der Waals surface area contributed by atoms with Gasteiger partial charge in [0.25, 0.3) is 17.7 Å². The quantitative estimate of drug-likeness (QED) is 0.0318. The van der Waals surface area contributed by atoms with Gasteiger partial charge in [0, 0.05) is 48.9 Å². The lowest BCUT2D eigenvalue weighted by Gasteiger charge is -2.53. The highest BCUT2D eigenvalue weighted by molar-refractivity contribution is 8.01. The summed E-state index contributed by atoms with van der Waals surface area (Å²) in [7, 11) is 0. The topological polar surface area (TPSA) is 313 Å². The molecule has 26 heteroatoms. The molecule has 4 heterocycles. The molecule has 2 aliphatic rings. The van der Waals surface area contributed by atoms with Crippen LogP contribution in [-0.2, 0) is 33.6 Å². The number of rotatable bonds is 13. The van der Waals surface area contributed by atoms with E-state index in [2.05, 4.69) is 25.7 Å². The maximum absolute atomic E-state index is 13.4. The van der Waals surface area contributed by atoms with E-state index in [1.807, 2.05) is 16.2 Å². The average Bonchev–Trinajstić information content (AvgIpc) is 3.81. The third kappa shape index (κ3) is 10.2. The number of nitrogen functional groups attached to an aromatic ring is 1. The minimum absolute atomic E-state index is 0.0374. The van der Waals surface area contributed by atoms with Crippen LogP contribution in [0.5, 0.6) is 11.5 Å². The highest BCUT2D eigenvalue weighted by atomic mass is 32.2. The van der Waals surface area contributed by atoms with E-state index in [0.717, 1.165) is 37.3 Å². The molecule has 2 aromatic heterocycles. The summed E-state index contributed by atoms with van der Waals surface area (Å²) in [6, 6.07) is 1.14. The molecule has 0 radical (unpaired) electrons. The van der Waals surface area contributed by atoms with Gasteiger partial charge in [0.2, 0.25) is 5.91 Å². The molecule has 2 saturated heterocycles. The third-order valence-electron chi connectivity index (χ3n) is 7.24. The first-order chi connectivity index (χ1) is 26.1. The summed E-state index contributed by atoms with van der Waals surface area (Å²) >= 11 is 4.67. The molecule has 0 saturated carbocycles. The molecule has 3 atom stereocenters. The number of hydrogen-bond donors (Lipinski definition) is 6. The van der Waals surface area contributed by atoms with Crippen LogP contribution in [0.2, 0.25) is 0 Å². The van der Waals surface area contributed by atoms with Gasteiger partial charge in [0.15, 0.2) is 21.8 Å². The zero-order valence-electron chi connectivity index (χ0n) is 28.3. The van der Waals surface area contributed by atoms with Crippen LogP contribution >= 0.6 is 46.2 Å². The first-order valence-corrected chi connectivity index (χ1v) is 19.1. The van der Waals surface area contributed by atoms with Crippen molar-refractivity contribution in [3.63, 3.8) is 0 Å². The molecule has 0 bridgehead atoms. The first-order valence-electron chi connectivity index (χ1n) is 15.3. The molecule has 1 aromatic carbocycles. The number of thiazole rings is 1. The number of oxime groups is 1. The van der Waals surface area contributed by atoms with Crippen LogP contribution < -0.4 is 36.7 Å². The Hall–Kier alpha value is -5.86. The van der Waals surface area contributed by atoms with Crippen molar-refractivity contribution in [2.24, 2.45) is 10.6 Å². The Bertz CT molecular complexity index is 2030. The minimum Gasteiger partial charge on any atom is -0.481 e. The molecule has 2 aliphatic heterocycles. The van der Waals surface area contributed by atoms with Crippen LogP contribution in [-0.4, -0.2) is 115 Å². The molecule has 2 unspecified atom stereocenters. The Morgan fingerprint density at radius 3 is 2.38 bits per heavy atom. The number of β-lactam (4-membered cyclic amide) rings is 1. The number of fused-ring (bicyclic) bond motifs is 1. The van der Waals surface area contributed by atoms with E-state index < -0.39 is 76.7 Å². The highest BCUT2D eigenvalue weighted by Gasteiger charge is 2.57. The van der Waals surface area contributed by atoms with Crippen molar-refractivity contribution in [1.82, 2.24) is 41.6 Å². The molecule has 0 spiro atoms. The van der Waals surface area contributed by atoms with Crippen molar-refractivity contribution in [3.8, 4) is 11.5 Å². The molecule has 22 nitrogen and oxygen atoms in total. The predicted molar refractivity (Wildman–Crippen MR) is 193 cm³/mol. The number of imide groups is 1. The van der Waals surface area contributed by atoms with Gasteiger partial charge in [-0.2, -0.15) is 0 Å². The SMILES string of the molecule is CC(=O)Oc1cc(OC(C)=O)cc(C(=O)NC(=O)NNC(=O)CON=C(C(=O)NC2C(=O)N3CC(CSc4nncs4)(C(=O)O)CS[C@H]23)c2csc(N)n2)c1. The second-order valence-electron chi connectivity index (χ2n) is 11.3. The Morgan fingerprint density at radius 2 is 1.78 bits per heavy atom. The number of urea groups is 1. The van der Waals surface area contributed by atoms with Gasteiger partial charge in [-0.25, -0.2) is 15.2 Å². The number of nitrogens with one attached hydrogen (secondary N) is 4. The average molecular weight is 837 g/mol. The van der Waals surface area contributed by atoms with Crippen molar-refractivity contribution in [3.05, 3.63) is 40.3 Å². The summed E-state index contributed by atoms with van der Waals surface area (Å²) in [6.45, 7) is 1.27. The number of aromatic nitrogens is 3. The van der Waals surface area contributed by atoms with Gasteiger partial charge in [-0.05, 0) is 12.1 Å². The van der Waals surface area contributed by atoms with Crippen LogP contribution in [0.25, 0.3) is 0 Å². The number of hydrogen-bond acceptors (Lipinski definition) is 20. The number of benzene rings is 1. The Balaban J connectivity index is 1.14. The van der Waals surface area contributed by atoms with Gasteiger partial charge in [-0.1, -0.05) is 28.3 Å². The molecule has 290 valence electrons. The van der Waals surface area contributed by atoms with Gasteiger partial charge < -0.3 is 35.4 Å². The lowest BCUT2D eigenvalue weighted by atomic mass is 9.89. The monoisotopic (exact) mass is 836 g/mol. The van der Waals surface area contributed by atoms with Crippen molar-refractivity contribution in [2.75, 3.05) is 30.4 Å². The van der Waals surface area contributed by atoms with Gasteiger partial charge in [-0.3, -0.25) is 44.3 Å². The number of carboxylic acid groups (broad SMARTS) is 1. The molecule has 3 aromatic rings. The number of ether oxygens (including phenoxy) is 2. The van der Waals surface area contributed by atoms with Gasteiger partial charge in [0.05, 0.1) is 0 Å². The molecule has 0 aliphatic carbocycles. The fourth-order valence-corrected chi connectivity index (χ4v) is 8.72. The predicted octanol–water partition coefficient (Wildman–Crippen LogP) is -0.418. The second-order valence-corrected chi connectivity index (χ2v) is 15.4. The zero-order chi connectivity index (χ0) is 39.9. The van der Waals surface area contributed by atoms with Gasteiger partial charge in [-0.15, -0.1) is 33.3 Å². The lowest BCUT2D eigenvalue weighted by molar-refractivity contribution is -0.157. The summed E-state index contributed by atoms with van der Waals surface area (Å²) in [6.07, 6.45) is 0. The van der Waals surface area contributed by atoms with E-state index in [9.17, 15) is 43.5 Å². The molecule has 5 rings (SSSR count). The van der Waals surface area contributed by atoms with E-state index in [1.54, 1.807) is 0 Å².